The quantitative estimate of drug-likeness (QED) is 0.776. The fourth-order valence-corrected chi connectivity index (χ4v) is 7.53. The van der Waals surface area contributed by atoms with E-state index in [0.717, 1.165) is 36.1 Å². The molecule has 0 spiro atoms. The van der Waals surface area contributed by atoms with Crippen LogP contribution in [-0.2, 0) is 4.79 Å². The minimum atomic E-state index is -0.00494. The molecule has 0 aromatic carbocycles. The molecule has 104 valence electrons. The molecule has 7 atom stereocenters. The van der Waals surface area contributed by atoms with Crippen LogP contribution in [0.1, 0.15) is 34.1 Å². The maximum atomic E-state index is 11.4. The summed E-state index contributed by atoms with van der Waals surface area (Å²) in [5, 5.41) is 3.07. The van der Waals surface area contributed by atoms with Gasteiger partial charge in [0.05, 0.1) is 0 Å². The van der Waals surface area contributed by atoms with Crippen LogP contribution in [0.25, 0.3) is 0 Å². The zero-order valence-electron chi connectivity index (χ0n) is 12.5. The van der Waals surface area contributed by atoms with Gasteiger partial charge in [0.2, 0.25) is 5.91 Å². The highest BCUT2D eigenvalue weighted by Gasteiger charge is 2.95. The summed E-state index contributed by atoms with van der Waals surface area (Å²) < 4.78 is 0. The van der Waals surface area contributed by atoms with E-state index in [1.165, 1.54) is 12.5 Å². The van der Waals surface area contributed by atoms with E-state index in [0.29, 0.717) is 16.2 Å². The Hall–Kier alpha value is -0.790. The van der Waals surface area contributed by atoms with Gasteiger partial charge in [0.1, 0.15) is 0 Å². The summed E-state index contributed by atoms with van der Waals surface area (Å²) in [6.07, 6.45) is 2.76. The molecule has 4 aliphatic rings. The topological polar surface area (TPSA) is 29.1 Å². The van der Waals surface area contributed by atoms with E-state index in [-0.39, 0.29) is 5.91 Å². The van der Waals surface area contributed by atoms with Gasteiger partial charge in [0, 0.05) is 6.54 Å². The molecule has 4 rings (SSSR count). The van der Waals surface area contributed by atoms with Crippen LogP contribution in [0.2, 0.25) is 0 Å². The zero-order valence-corrected chi connectivity index (χ0v) is 12.5. The normalized spacial score (nSPS) is 55.7. The summed E-state index contributed by atoms with van der Waals surface area (Å²) in [6, 6.07) is 0. The molecule has 0 aromatic rings. The van der Waals surface area contributed by atoms with Crippen LogP contribution in [0.3, 0.4) is 0 Å². The Bertz CT molecular complexity index is 472. The summed E-state index contributed by atoms with van der Waals surface area (Å²) in [5.41, 5.74) is 1.55. The maximum Gasteiger partial charge on any atom is 0.243 e. The smallest absolute Gasteiger partial charge is 0.243 e. The lowest BCUT2D eigenvalue weighted by Gasteiger charge is -2.99. The van der Waals surface area contributed by atoms with Crippen molar-refractivity contribution >= 4 is 5.91 Å². The highest BCUT2D eigenvalue weighted by Crippen LogP contribution is 2.99. The standard InChI is InChI=1S/C17H25NO/c1-6-11(19)18-8-16-7-10-13(16)14-12(16)9(2)17(10,14)15(3,4)5/h6,9-10,12-14H,1,7-8H2,2-5H3,(H,18,19). The number of hydrogen-bond donors (Lipinski definition) is 1. The van der Waals surface area contributed by atoms with Crippen LogP contribution in [-0.4, -0.2) is 12.5 Å². The lowest BCUT2D eigenvalue weighted by molar-refractivity contribution is -0.526. The van der Waals surface area contributed by atoms with Crippen LogP contribution >= 0.6 is 0 Å². The number of nitrogens with one attached hydrogen (secondary N) is 1. The Morgan fingerprint density at radius 3 is 2.47 bits per heavy atom. The molecule has 0 saturated heterocycles. The third-order valence-electron chi connectivity index (χ3n) is 7.67. The third-order valence-corrected chi connectivity index (χ3v) is 7.67. The van der Waals surface area contributed by atoms with E-state index < -0.39 is 0 Å². The van der Waals surface area contributed by atoms with Crippen molar-refractivity contribution in [2.45, 2.75) is 34.1 Å². The van der Waals surface area contributed by atoms with E-state index in [4.69, 9.17) is 0 Å². The first-order valence-electron chi connectivity index (χ1n) is 7.72. The SMILES string of the molecule is C=CC(=O)NCC12CC3C1C1C2C(C)C31C(C)(C)C. The minimum absolute atomic E-state index is 0.00494. The summed E-state index contributed by atoms with van der Waals surface area (Å²) in [6.45, 7) is 14.2. The van der Waals surface area contributed by atoms with E-state index >= 15 is 0 Å². The monoisotopic (exact) mass is 259 g/mol. The lowest BCUT2D eigenvalue weighted by atomic mass is 9.04. The van der Waals surface area contributed by atoms with Crippen molar-refractivity contribution in [1.29, 1.82) is 0 Å². The number of carbonyl (C=O) groups excluding carboxylic acids is 1. The van der Waals surface area contributed by atoms with Gasteiger partial charge in [-0.2, -0.15) is 0 Å². The third kappa shape index (κ3) is 0.881. The molecular weight excluding hydrogens is 234 g/mol. The molecule has 4 fully saturated rings. The largest absolute Gasteiger partial charge is 0.352 e. The average Bonchev–Trinajstić information content (AvgIpc) is 2.32. The number of carbonyl (C=O) groups is 1. The average molecular weight is 259 g/mol. The molecule has 2 heteroatoms. The summed E-state index contributed by atoms with van der Waals surface area (Å²) in [4.78, 5) is 11.4. The van der Waals surface area contributed by atoms with Gasteiger partial charge in [-0.1, -0.05) is 34.3 Å². The maximum absolute atomic E-state index is 11.4. The molecule has 1 N–H and O–H groups in total. The Labute approximate surface area is 116 Å². The van der Waals surface area contributed by atoms with Gasteiger partial charge >= 0.3 is 0 Å². The van der Waals surface area contributed by atoms with Crippen molar-refractivity contribution in [2.75, 3.05) is 6.54 Å². The van der Waals surface area contributed by atoms with Gasteiger partial charge in [-0.25, -0.2) is 0 Å². The van der Waals surface area contributed by atoms with Gasteiger partial charge in [0.25, 0.3) is 0 Å². The molecule has 4 saturated carbocycles. The highest BCUT2D eigenvalue weighted by molar-refractivity contribution is 5.86. The van der Waals surface area contributed by atoms with E-state index in [2.05, 4.69) is 39.6 Å². The van der Waals surface area contributed by atoms with Crippen LogP contribution in [0, 0.1) is 45.8 Å². The van der Waals surface area contributed by atoms with E-state index in [1.54, 1.807) is 0 Å². The number of hydrogen-bond acceptors (Lipinski definition) is 1. The predicted octanol–water partition coefficient (Wildman–Crippen LogP) is 2.85. The second kappa shape index (κ2) is 2.94. The molecule has 0 bridgehead atoms. The van der Waals surface area contributed by atoms with Gasteiger partial charge < -0.3 is 5.32 Å². The summed E-state index contributed by atoms with van der Waals surface area (Å²) in [5.74, 6) is 4.57. The first-order chi connectivity index (χ1) is 8.82. The second-order valence-corrected chi connectivity index (χ2v) is 8.51. The molecule has 7 unspecified atom stereocenters. The van der Waals surface area contributed by atoms with E-state index in [9.17, 15) is 4.79 Å². The molecule has 19 heavy (non-hydrogen) atoms. The number of amides is 1. The Morgan fingerprint density at radius 2 is 2.05 bits per heavy atom. The fourth-order valence-electron chi connectivity index (χ4n) is 7.53. The van der Waals surface area contributed by atoms with Crippen LogP contribution in [0.15, 0.2) is 12.7 Å². The zero-order chi connectivity index (χ0) is 13.8. The minimum Gasteiger partial charge on any atom is -0.352 e. The van der Waals surface area contributed by atoms with Crippen molar-refractivity contribution in [3.05, 3.63) is 12.7 Å². The van der Waals surface area contributed by atoms with E-state index in [1.807, 2.05) is 0 Å². The number of fused-ring (bicyclic) bond motifs is 2. The number of rotatable bonds is 3. The second-order valence-electron chi connectivity index (χ2n) is 8.51. The van der Waals surface area contributed by atoms with Crippen molar-refractivity contribution < 1.29 is 4.79 Å². The molecule has 2 nitrogen and oxygen atoms in total. The molecule has 0 aliphatic heterocycles. The predicted molar refractivity (Wildman–Crippen MR) is 75.3 cm³/mol. The molecular formula is C17H25NO. The van der Waals surface area contributed by atoms with Crippen molar-refractivity contribution in [3.63, 3.8) is 0 Å². The van der Waals surface area contributed by atoms with Gasteiger partial charge in [-0.15, -0.1) is 0 Å². The summed E-state index contributed by atoms with van der Waals surface area (Å²) in [7, 11) is 0. The van der Waals surface area contributed by atoms with Crippen LogP contribution in [0.4, 0.5) is 0 Å². The highest BCUT2D eigenvalue weighted by atomic mass is 16.1. The molecule has 0 aromatic heterocycles. The molecule has 0 heterocycles. The van der Waals surface area contributed by atoms with Gasteiger partial charge in [-0.3, -0.25) is 4.79 Å². The first-order valence-corrected chi connectivity index (χ1v) is 7.72. The molecule has 4 aliphatic carbocycles. The molecule has 0 radical (unpaired) electrons. The molecule has 1 amide bonds. The Balaban J connectivity index is 1.55. The van der Waals surface area contributed by atoms with Crippen molar-refractivity contribution in [1.82, 2.24) is 5.32 Å². The van der Waals surface area contributed by atoms with Crippen LogP contribution in [0.5, 0.6) is 0 Å². The first kappa shape index (κ1) is 12.0. The van der Waals surface area contributed by atoms with Crippen LogP contribution < -0.4 is 5.32 Å². The van der Waals surface area contributed by atoms with Crippen molar-refractivity contribution in [3.8, 4) is 0 Å². The van der Waals surface area contributed by atoms with Gasteiger partial charge in [-0.05, 0) is 58.3 Å². The Kier molecular flexibility index (Phi) is 1.86. The lowest BCUT2D eigenvalue weighted by Crippen LogP contribution is -2.97. The van der Waals surface area contributed by atoms with Crippen molar-refractivity contribution in [2.24, 2.45) is 45.8 Å². The van der Waals surface area contributed by atoms with Gasteiger partial charge in [0.15, 0.2) is 0 Å². The fraction of sp³-hybridized carbons (Fsp3) is 0.824. The Morgan fingerprint density at radius 1 is 1.37 bits per heavy atom. The summed E-state index contributed by atoms with van der Waals surface area (Å²) >= 11 is 0.